The Balaban J connectivity index is 1.81. The van der Waals surface area contributed by atoms with Crippen LogP contribution in [0.2, 0.25) is 0 Å². The number of benzene rings is 1. The minimum atomic E-state index is -0.492. The van der Waals surface area contributed by atoms with E-state index in [2.05, 4.69) is 15.7 Å². The van der Waals surface area contributed by atoms with E-state index in [0.717, 1.165) is 0 Å². The topological polar surface area (TPSA) is 79.3 Å². The van der Waals surface area contributed by atoms with E-state index in [4.69, 9.17) is 0 Å². The van der Waals surface area contributed by atoms with Gasteiger partial charge in [0, 0.05) is 19.3 Å². The number of rotatable bonds is 3. The van der Waals surface area contributed by atoms with E-state index in [9.17, 15) is 9.59 Å². The summed E-state index contributed by atoms with van der Waals surface area (Å²) in [6.45, 7) is 1.77. The molecule has 22 heavy (non-hydrogen) atoms. The normalized spacial score (nSPS) is 15.0. The molecular weight excluding hydrogens is 282 g/mol. The Bertz CT molecular complexity index is 724. The van der Waals surface area contributed by atoms with E-state index >= 15 is 0 Å². The van der Waals surface area contributed by atoms with Crippen LogP contribution in [0.3, 0.4) is 0 Å². The molecule has 3 rings (SSSR count). The number of nitrogens with zero attached hydrogens (tertiary/aromatic N) is 3. The van der Waals surface area contributed by atoms with E-state index in [0.29, 0.717) is 17.2 Å². The third kappa shape index (κ3) is 2.65. The van der Waals surface area contributed by atoms with E-state index in [1.165, 1.54) is 4.90 Å². The number of aryl methyl sites for hydroxylation is 1. The zero-order valence-electron chi connectivity index (χ0n) is 12.4. The van der Waals surface area contributed by atoms with Gasteiger partial charge in [-0.1, -0.05) is 12.1 Å². The van der Waals surface area contributed by atoms with E-state index in [1.54, 1.807) is 29.9 Å². The van der Waals surface area contributed by atoms with Gasteiger partial charge in [-0.2, -0.15) is 5.10 Å². The second kappa shape index (κ2) is 5.51. The van der Waals surface area contributed by atoms with Crippen molar-refractivity contribution in [2.45, 2.75) is 13.0 Å². The Labute approximate surface area is 127 Å². The number of carbonyl (C=O) groups is 2. The smallest absolute Gasteiger partial charge is 0.249 e. The summed E-state index contributed by atoms with van der Waals surface area (Å²) in [6.07, 6.45) is 1.79. The van der Waals surface area contributed by atoms with Crippen LogP contribution in [0.25, 0.3) is 0 Å². The molecule has 1 aliphatic rings. The lowest BCUT2D eigenvalue weighted by molar-refractivity contribution is -0.122. The fourth-order valence-electron chi connectivity index (χ4n) is 2.44. The van der Waals surface area contributed by atoms with Crippen LogP contribution in [-0.4, -0.2) is 34.2 Å². The van der Waals surface area contributed by atoms with E-state index in [-0.39, 0.29) is 18.4 Å². The minimum Gasteiger partial charge on any atom is -0.357 e. The summed E-state index contributed by atoms with van der Waals surface area (Å²) in [5, 5.41) is 10.0. The largest absolute Gasteiger partial charge is 0.357 e. The zero-order chi connectivity index (χ0) is 15.7. The van der Waals surface area contributed by atoms with Gasteiger partial charge in [0.05, 0.1) is 11.4 Å². The molecule has 2 N–H and O–H groups in total. The average Bonchev–Trinajstić information content (AvgIpc) is 2.90. The highest BCUT2D eigenvalue weighted by atomic mass is 16.2. The lowest BCUT2D eigenvalue weighted by Gasteiger charge is -2.31. The second-order valence-corrected chi connectivity index (χ2v) is 5.23. The highest BCUT2D eigenvalue weighted by molar-refractivity contribution is 6.11. The van der Waals surface area contributed by atoms with Crippen LogP contribution in [0.5, 0.6) is 0 Å². The third-order valence-corrected chi connectivity index (χ3v) is 3.49. The first-order valence-corrected chi connectivity index (χ1v) is 7.01. The van der Waals surface area contributed by atoms with Crippen LogP contribution >= 0.6 is 0 Å². The number of amides is 2. The van der Waals surface area contributed by atoms with Gasteiger partial charge in [0.1, 0.15) is 18.4 Å². The summed E-state index contributed by atoms with van der Waals surface area (Å²) < 4.78 is 1.66. The SMILES string of the molecule is C[C@@H](Nc1ccn(C)n1)C(=O)N1CC(=O)Nc2ccccc21. The molecule has 0 radical (unpaired) electrons. The molecule has 7 heteroatoms. The second-order valence-electron chi connectivity index (χ2n) is 5.23. The standard InChI is InChI=1S/C15H17N5O2/c1-10(16-13-7-8-19(2)18-13)15(22)20-9-14(21)17-11-5-3-4-6-12(11)20/h3-8,10H,9H2,1-2H3,(H,16,18)(H,17,21)/t10-/m1/s1. The first kappa shape index (κ1) is 14.1. The van der Waals surface area contributed by atoms with Gasteiger partial charge >= 0.3 is 0 Å². The van der Waals surface area contributed by atoms with Crippen molar-refractivity contribution >= 4 is 29.0 Å². The summed E-state index contributed by atoms with van der Waals surface area (Å²) in [5.41, 5.74) is 1.36. The molecule has 0 fully saturated rings. The molecule has 7 nitrogen and oxygen atoms in total. The van der Waals surface area contributed by atoms with Gasteiger partial charge in [0.15, 0.2) is 0 Å². The van der Waals surface area contributed by atoms with Crippen molar-refractivity contribution in [1.29, 1.82) is 0 Å². The highest BCUT2D eigenvalue weighted by Crippen LogP contribution is 2.29. The molecular formula is C15H17N5O2. The Morgan fingerprint density at radius 1 is 1.36 bits per heavy atom. The monoisotopic (exact) mass is 299 g/mol. The molecule has 114 valence electrons. The number of nitrogens with one attached hydrogen (secondary N) is 2. The summed E-state index contributed by atoms with van der Waals surface area (Å²) >= 11 is 0. The van der Waals surface area contributed by atoms with Crippen LogP contribution in [0, 0.1) is 0 Å². The molecule has 2 heterocycles. The number of anilines is 3. The maximum atomic E-state index is 12.7. The molecule has 0 unspecified atom stereocenters. The minimum absolute atomic E-state index is 0.0179. The number of hydrogen-bond acceptors (Lipinski definition) is 4. The maximum absolute atomic E-state index is 12.7. The molecule has 0 aliphatic carbocycles. The molecule has 0 saturated heterocycles. The molecule has 0 spiro atoms. The van der Waals surface area contributed by atoms with Gasteiger partial charge in [0.25, 0.3) is 0 Å². The van der Waals surface area contributed by atoms with Gasteiger partial charge in [0.2, 0.25) is 11.8 Å². The maximum Gasteiger partial charge on any atom is 0.249 e. The van der Waals surface area contributed by atoms with Crippen molar-refractivity contribution in [3.8, 4) is 0 Å². The van der Waals surface area contributed by atoms with Crippen LogP contribution in [0.4, 0.5) is 17.2 Å². The Hall–Kier alpha value is -2.83. The summed E-state index contributed by atoms with van der Waals surface area (Å²) in [7, 11) is 1.81. The van der Waals surface area contributed by atoms with Crippen molar-refractivity contribution in [3.05, 3.63) is 36.5 Å². The molecule has 1 atom stereocenters. The molecule has 2 aromatic rings. The predicted molar refractivity (Wildman–Crippen MR) is 83.7 cm³/mol. The van der Waals surface area contributed by atoms with E-state index < -0.39 is 6.04 Å². The lowest BCUT2D eigenvalue weighted by Crippen LogP contribution is -2.47. The fourth-order valence-corrected chi connectivity index (χ4v) is 2.44. The highest BCUT2D eigenvalue weighted by Gasteiger charge is 2.29. The van der Waals surface area contributed by atoms with Gasteiger partial charge < -0.3 is 10.6 Å². The number of fused-ring (bicyclic) bond motifs is 1. The quantitative estimate of drug-likeness (QED) is 0.892. The first-order chi connectivity index (χ1) is 10.5. The van der Waals surface area contributed by atoms with Crippen LogP contribution in [0.1, 0.15) is 6.92 Å². The van der Waals surface area contributed by atoms with Crippen molar-refractivity contribution in [2.24, 2.45) is 7.05 Å². The molecule has 0 bridgehead atoms. The fraction of sp³-hybridized carbons (Fsp3) is 0.267. The van der Waals surface area contributed by atoms with Crippen molar-refractivity contribution in [2.75, 3.05) is 22.1 Å². The van der Waals surface area contributed by atoms with Crippen molar-refractivity contribution in [1.82, 2.24) is 9.78 Å². The van der Waals surface area contributed by atoms with Gasteiger partial charge in [-0.25, -0.2) is 0 Å². The summed E-state index contributed by atoms with van der Waals surface area (Å²) in [5.74, 6) is 0.253. The Morgan fingerprint density at radius 2 is 2.14 bits per heavy atom. The van der Waals surface area contributed by atoms with Crippen LogP contribution in [-0.2, 0) is 16.6 Å². The predicted octanol–water partition coefficient (Wildman–Crippen LogP) is 1.21. The third-order valence-electron chi connectivity index (χ3n) is 3.49. The molecule has 0 saturated carbocycles. The van der Waals surface area contributed by atoms with Gasteiger partial charge in [-0.15, -0.1) is 0 Å². The van der Waals surface area contributed by atoms with E-state index in [1.807, 2.05) is 25.2 Å². The number of para-hydroxylation sites is 2. The Morgan fingerprint density at radius 3 is 2.86 bits per heavy atom. The molecule has 1 aliphatic heterocycles. The number of hydrogen-bond donors (Lipinski definition) is 2. The van der Waals surface area contributed by atoms with Crippen LogP contribution in [0.15, 0.2) is 36.5 Å². The zero-order valence-corrected chi connectivity index (χ0v) is 12.4. The molecule has 1 aromatic carbocycles. The summed E-state index contributed by atoms with van der Waals surface area (Å²) in [4.78, 5) is 25.9. The average molecular weight is 299 g/mol. The van der Waals surface area contributed by atoms with Crippen molar-refractivity contribution < 1.29 is 9.59 Å². The molecule has 1 aromatic heterocycles. The molecule has 2 amide bonds. The van der Waals surface area contributed by atoms with Crippen LogP contribution < -0.4 is 15.5 Å². The van der Waals surface area contributed by atoms with Gasteiger partial charge in [-0.3, -0.25) is 19.2 Å². The van der Waals surface area contributed by atoms with Gasteiger partial charge in [-0.05, 0) is 19.1 Å². The van der Waals surface area contributed by atoms with Crippen molar-refractivity contribution in [3.63, 3.8) is 0 Å². The first-order valence-electron chi connectivity index (χ1n) is 7.01. The Kier molecular flexibility index (Phi) is 3.54. The lowest BCUT2D eigenvalue weighted by atomic mass is 10.1. The number of aromatic nitrogens is 2. The number of carbonyl (C=O) groups excluding carboxylic acids is 2. The summed E-state index contributed by atoms with van der Waals surface area (Å²) in [6, 6.07) is 8.56.